The lowest BCUT2D eigenvalue weighted by molar-refractivity contribution is -0.129. The number of ether oxygens (including phenoxy) is 1. The van der Waals surface area contributed by atoms with Crippen molar-refractivity contribution in [2.75, 3.05) is 0 Å². The van der Waals surface area contributed by atoms with E-state index in [9.17, 15) is 4.79 Å². The Balaban J connectivity index is 2.49. The van der Waals surface area contributed by atoms with E-state index < -0.39 is 0 Å². The highest BCUT2D eigenvalue weighted by atomic mass is 79.9. The predicted octanol–water partition coefficient (Wildman–Crippen LogP) is 2.18. The zero-order valence-corrected chi connectivity index (χ0v) is 7.44. The summed E-state index contributed by atoms with van der Waals surface area (Å²) in [5.74, 6) is 0. The molecule has 0 atom stereocenters. The van der Waals surface area contributed by atoms with E-state index in [-0.39, 0.29) is 0 Å². The van der Waals surface area contributed by atoms with E-state index in [2.05, 4.69) is 20.7 Å². The van der Waals surface area contributed by atoms with Gasteiger partial charge in [0.1, 0.15) is 6.61 Å². The number of rotatable bonds is 3. The minimum absolute atomic E-state index is 0.367. The van der Waals surface area contributed by atoms with Gasteiger partial charge in [-0.3, -0.25) is 4.79 Å². The number of hydrogen-bond acceptors (Lipinski definition) is 3. The average Bonchev–Trinajstić information content (AvgIpc) is 2.31. The van der Waals surface area contributed by atoms with Gasteiger partial charge in [0.2, 0.25) is 0 Å². The van der Waals surface area contributed by atoms with E-state index in [1.807, 2.05) is 11.4 Å². The molecular weight excluding hydrogens is 216 g/mol. The van der Waals surface area contributed by atoms with Crippen molar-refractivity contribution < 1.29 is 9.53 Å². The molecule has 0 fully saturated rings. The van der Waals surface area contributed by atoms with Crippen LogP contribution in [0.15, 0.2) is 15.2 Å². The van der Waals surface area contributed by atoms with Crippen LogP contribution in [0.4, 0.5) is 0 Å². The Bertz CT molecular complexity index is 221. The number of thiophene rings is 1. The fourth-order valence-corrected chi connectivity index (χ4v) is 1.75. The van der Waals surface area contributed by atoms with Crippen molar-refractivity contribution in [3.63, 3.8) is 0 Å². The summed E-state index contributed by atoms with van der Waals surface area (Å²) in [4.78, 5) is 9.75. The maximum atomic E-state index is 9.75. The first-order valence-electron chi connectivity index (χ1n) is 2.61. The van der Waals surface area contributed by atoms with Crippen molar-refractivity contribution in [1.29, 1.82) is 0 Å². The third kappa shape index (κ3) is 2.11. The molecule has 0 bridgehead atoms. The first kappa shape index (κ1) is 7.75. The summed E-state index contributed by atoms with van der Waals surface area (Å²) >= 11 is 4.87. The summed E-state index contributed by atoms with van der Waals surface area (Å²) in [5.41, 5.74) is 1.02. The van der Waals surface area contributed by atoms with Crippen molar-refractivity contribution in [2.24, 2.45) is 0 Å². The highest BCUT2D eigenvalue weighted by Crippen LogP contribution is 2.20. The van der Waals surface area contributed by atoms with Gasteiger partial charge < -0.3 is 4.74 Å². The van der Waals surface area contributed by atoms with Crippen LogP contribution in [-0.4, -0.2) is 6.47 Å². The predicted molar refractivity (Wildman–Crippen MR) is 42.9 cm³/mol. The summed E-state index contributed by atoms with van der Waals surface area (Å²) < 4.78 is 5.59. The summed E-state index contributed by atoms with van der Waals surface area (Å²) in [5, 5.41) is 1.94. The lowest BCUT2D eigenvalue weighted by Crippen LogP contribution is -1.85. The Morgan fingerprint density at radius 1 is 1.80 bits per heavy atom. The molecule has 0 spiro atoms. The zero-order valence-electron chi connectivity index (χ0n) is 5.04. The van der Waals surface area contributed by atoms with Gasteiger partial charge >= 0.3 is 0 Å². The fraction of sp³-hybridized carbons (Fsp3) is 0.167. The standard InChI is InChI=1S/C6H5BrO2S/c7-6-1-5(3-10-6)2-9-4-8/h1,3-4H,2H2. The molecule has 0 aliphatic rings. The third-order valence-electron chi connectivity index (χ3n) is 0.940. The molecule has 1 heterocycles. The van der Waals surface area contributed by atoms with Gasteiger partial charge in [-0.25, -0.2) is 0 Å². The topological polar surface area (TPSA) is 26.3 Å². The normalized spacial score (nSPS) is 9.30. The van der Waals surface area contributed by atoms with Crippen molar-refractivity contribution in [2.45, 2.75) is 6.61 Å². The van der Waals surface area contributed by atoms with E-state index in [1.54, 1.807) is 11.3 Å². The Labute approximate surface area is 70.9 Å². The SMILES string of the molecule is O=COCc1csc(Br)c1. The highest BCUT2D eigenvalue weighted by Gasteiger charge is 1.95. The zero-order chi connectivity index (χ0) is 7.40. The van der Waals surface area contributed by atoms with E-state index in [0.29, 0.717) is 13.1 Å². The molecule has 0 unspecified atom stereocenters. The van der Waals surface area contributed by atoms with Crippen LogP contribution in [0.5, 0.6) is 0 Å². The van der Waals surface area contributed by atoms with Gasteiger partial charge in [0, 0.05) is 5.56 Å². The lowest BCUT2D eigenvalue weighted by Gasteiger charge is -1.90. The number of halogens is 1. The van der Waals surface area contributed by atoms with Crippen LogP contribution in [0.1, 0.15) is 5.56 Å². The van der Waals surface area contributed by atoms with Crippen LogP contribution in [-0.2, 0) is 16.1 Å². The van der Waals surface area contributed by atoms with Crippen molar-refractivity contribution in [3.05, 3.63) is 20.8 Å². The van der Waals surface area contributed by atoms with Crippen LogP contribution < -0.4 is 0 Å². The first-order valence-corrected chi connectivity index (χ1v) is 4.28. The Kier molecular flexibility index (Phi) is 2.89. The number of carbonyl (C=O) groups is 1. The second-order valence-electron chi connectivity index (χ2n) is 1.67. The van der Waals surface area contributed by atoms with Gasteiger partial charge in [-0.1, -0.05) is 0 Å². The molecule has 2 nitrogen and oxygen atoms in total. The molecule has 1 aromatic rings. The average molecular weight is 221 g/mol. The quantitative estimate of drug-likeness (QED) is 0.731. The van der Waals surface area contributed by atoms with Gasteiger partial charge in [-0.2, -0.15) is 0 Å². The third-order valence-corrected chi connectivity index (χ3v) is 2.49. The number of hydrogen-bond donors (Lipinski definition) is 0. The molecule has 54 valence electrons. The van der Waals surface area contributed by atoms with E-state index >= 15 is 0 Å². The maximum Gasteiger partial charge on any atom is 0.293 e. The summed E-state index contributed by atoms with van der Waals surface area (Å²) in [6, 6.07) is 1.92. The van der Waals surface area contributed by atoms with Crippen LogP contribution in [0.3, 0.4) is 0 Å². The Hall–Kier alpha value is -0.350. The summed E-state index contributed by atoms with van der Waals surface area (Å²) in [6.45, 7) is 0.817. The number of carbonyl (C=O) groups excluding carboxylic acids is 1. The van der Waals surface area contributed by atoms with E-state index in [0.717, 1.165) is 9.35 Å². The molecule has 1 rings (SSSR count). The van der Waals surface area contributed by atoms with Crippen molar-refractivity contribution in [1.82, 2.24) is 0 Å². The monoisotopic (exact) mass is 220 g/mol. The molecular formula is C6H5BrO2S. The molecule has 0 aromatic carbocycles. The van der Waals surface area contributed by atoms with Crippen LogP contribution in [0.25, 0.3) is 0 Å². The minimum atomic E-state index is 0.367. The van der Waals surface area contributed by atoms with E-state index in [1.165, 1.54) is 0 Å². The van der Waals surface area contributed by atoms with Crippen LogP contribution >= 0.6 is 27.3 Å². The molecule has 0 saturated heterocycles. The summed E-state index contributed by atoms with van der Waals surface area (Å²) in [7, 11) is 0. The molecule has 0 N–H and O–H groups in total. The second-order valence-corrected chi connectivity index (χ2v) is 3.96. The molecule has 10 heavy (non-hydrogen) atoms. The van der Waals surface area contributed by atoms with Gasteiger partial charge in [0.05, 0.1) is 3.79 Å². The molecule has 0 aliphatic heterocycles. The van der Waals surface area contributed by atoms with Crippen molar-refractivity contribution >= 4 is 33.7 Å². The minimum Gasteiger partial charge on any atom is -0.463 e. The molecule has 0 radical (unpaired) electrons. The van der Waals surface area contributed by atoms with Gasteiger partial charge in [0.15, 0.2) is 0 Å². The second kappa shape index (κ2) is 3.73. The van der Waals surface area contributed by atoms with Crippen molar-refractivity contribution in [3.8, 4) is 0 Å². The highest BCUT2D eigenvalue weighted by molar-refractivity contribution is 9.11. The molecule has 0 saturated carbocycles. The Morgan fingerprint density at radius 3 is 3.10 bits per heavy atom. The van der Waals surface area contributed by atoms with Crippen LogP contribution in [0, 0.1) is 0 Å². The fourth-order valence-electron chi connectivity index (χ4n) is 0.552. The molecule has 1 aromatic heterocycles. The Morgan fingerprint density at radius 2 is 2.60 bits per heavy atom. The largest absolute Gasteiger partial charge is 0.463 e. The van der Waals surface area contributed by atoms with Gasteiger partial charge in [-0.05, 0) is 27.4 Å². The van der Waals surface area contributed by atoms with E-state index in [4.69, 9.17) is 0 Å². The summed E-state index contributed by atoms with van der Waals surface area (Å²) in [6.07, 6.45) is 0. The van der Waals surface area contributed by atoms with Gasteiger partial charge in [-0.15, -0.1) is 11.3 Å². The smallest absolute Gasteiger partial charge is 0.293 e. The van der Waals surface area contributed by atoms with Crippen LogP contribution in [0.2, 0.25) is 0 Å². The van der Waals surface area contributed by atoms with Gasteiger partial charge in [0.25, 0.3) is 6.47 Å². The molecule has 0 aliphatic carbocycles. The molecule has 0 amide bonds. The first-order chi connectivity index (χ1) is 4.83. The lowest BCUT2D eigenvalue weighted by atomic mass is 10.4. The molecule has 4 heteroatoms. The maximum absolute atomic E-state index is 9.75.